The van der Waals surface area contributed by atoms with Gasteiger partial charge in [-0.15, -0.1) is 11.3 Å². The molecule has 4 saturated heterocycles. The van der Waals surface area contributed by atoms with Crippen molar-refractivity contribution in [3.05, 3.63) is 29.6 Å². The van der Waals surface area contributed by atoms with Gasteiger partial charge in [-0.05, 0) is 57.4 Å². The highest BCUT2D eigenvalue weighted by Gasteiger charge is 2.45. The quantitative estimate of drug-likeness (QED) is 0.522. The van der Waals surface area contributed by atoms with Gasteiger partial charge in [-0.2, -0.15) is 4.98 Å². The number of hydrogen-bond acceptors (Lipinski definition) is 8. The third kappa shape index (κ3) is 3.52. The van der Waals surface area contributed by atoms with E-state index in [1.54, 1.807) is 18.4 Å². The minimum Gasteiger partial charge on any atom is -0.496 e. The Morgan fingerprint density at radius 3 is 2.19 bits per heavy atom. The maximum Gasteiger partial charge on any atom is 0.229 e. The molecule has 0 saturated carbocycles. The minimum absolute atomic E-state index is 0.204. The number of aromatic nitrogens is 2. The van der Waals surface area contributed by atoms with Crippen molar-refractivity contribution in [2.45, 2.75) is 87.7 Å². The molecular weight excluding hydrogens is 472 g/mol. The van der Waals surface area contributed by atoms with Crippen LogP contribution < -0.4 is 14.5 Å². The third-order valence-electron chi connectivity index (χ3n) is 9.01. The monoisotopic (exact) mass is 506 g/mol. The number of anilines is 2. The molecule has 4 aliphatic rings. The fraction of sp³-hybridized carbons (Fsp3) is 0.571. The Morgan fingerprint density at radius 1 is 0.861 bits per heavy atom. The summed E-state index contributed by atoms with van der Waals surface area (Å²) in [6.45, 7) is 0. The second kappa shape index (κ2) is 8.85. The molecule has 3 aromatic rings. The van der Waals surface area contributed by atoms with E-state index in [2.05, 4.69) is 27.3 Å². The lowest BCUT2D eigenvalue weighted by Gasteiger charge is -2.41. The highest BCUT2D eigenvalue weighted by atomic mass is 32.1. The van der Waals surface area contributed by atoms with Crippen LogP contribution in [0.25, 0.3) is 21.3 Å². The van der Waals surface area contributed by atoms with Crippen molar-refractivity contribution >= 4 is 33.3 Å². The minimum atomic E-state index is -0.204. The Hall–Kier alpha value is -2.42. The Bertz CT molecular complexity index is 1250. The van der Waals surface area contributed by atoms with Crippen LogP contribution in [0, 0.1) is 0 Å². The van der Waals surface area contributed by atoms with Crippen LogP contribution in [0.4, 0.5) is 11.8 Å². The number of piperidine rings is 2. The summed E-state index contributed by atoms with van der Waals surface area (Å²) in [5.41, 5.74) is 2.24. The summed E-state index contributed by atoms with van der Waals surface area (Å²) in [4.78, 5) is 16.7. The SMILES string of the molecule is COc1ccccc1-c1csc2nc(N3C4CCC3CC(O)C4)nc(N3C4CCC3CC(OC)C4)c12. The summed E-state index contributed by atoms with van der Waals surface area (Å²) in [6.07, 6.45) is 8.42. The van der Waals surface area contributed by atoms with Crippen LogP contribution in [-0.4, -0.2) is 65.7 Å². The molecule has 4 bridgehead atoms. The molecule has 0 aliphatic carbocycles. The Balaban J connectivity index is 1.40. The fourth-order valence-electron chi connectivity index (χ4n) is 7.42. The van der Waals surface area contributed by atoms with Crippen LogP contribution in [0.1, 0.15) is 51.4 Å². The summed E-state index contributed by atoms with van der Waals surface area (Å²) in [5, 5.41) is 13.8. The van der Waals surface area contributed by atoms with E-state index in [1.807, 2.05) is 19.2 Å². The second-order valence-electron chi connectivity index (χ2n) is 10.9. The topological polar surface area (TPSA) is 71.0 Å². The molecule has 7 nitrogen and oxygen atoms in total. The molecule has 7 rings (SSSR count). The first-order chi connectivity index (χ1) is 17.6. The molecule has 36 heavy (non-hydrogen) atoms. The number of nitrogens with zero attached hydrogens (tertiary/aromatic N) is 4. The molecule has 4 fully saturated rings. The van der Waals surface area contributed by atoms with Gasteiger partial charge in [0.2, 0.25) is 5.95 Å². The number of rotatable bonds is 5. The first-order valence-corrected chi connectivity index (χ1v) is 14.2. The van der Waals surface area contributed by atoms with E-state index < -0.39 is 0 Å². The first-order valence-electron chi connectivity index (χ1n) is 13.3. The number of benzene rings is 1. The van der Waals surface area contributed by atoms with Gasteiger partial charge >= 0.3 is 0 Å². The summed E-state index contributed by atoms with van der Waals surface area (Å²) in [5.74, 6) is 2.79. The van der Waals surface area contributed by atoms with Crippen LogP contribution in [-0.2, 0) is 4.74 Å². The average molecular weight is 507 g/mol. The molecule has 2 aromatic heterocycles. The average Bonchev–Trinajstić information content (AvgIpc) is 3.52. The largest absolute Gasteiger partial charge is 0.496 e. The van der Waals surface area contributed by atoms with Gasteiger partial charge in [0.15, 0.2) is 0 Å². The van der Waals surface area contributed by atoms with Crippen LogP contribution in [0.2, 0.25) is 0 Å². The van der Waals surface area contributed by atoms with Crippen LogP contribution in [0.3, 0.4) is 0 Å². The molecule has 6 heterocycles. The zero-order valence-electron chi connectivity index (χ0n) is 21.0. The molecule has 0 spiro atoms. The van der Waals surface area contributed by atoms with Gasteiger partial charge in [0.25, 0.3) is 0 Å². The normalized spacial score (nSPS) is 31.4. The zero-order chi connectivity index (χ0) is 24.4. The summed E-state index contributed by atoms with van der Waals surface area (Å²) < 4.78 is 11.6. The van der Waals surface area contributed by atoms with E-state index in [0.717, 1.165) is 77.4 Å². The number of thiophene rings is 1. The van der Waals surface area contributed by atoms with Gasteiger partial charge in [-0.1, -0.05) is 18.2 Å². The lowest BCUT2D eigenvalue weighted by Crippen LogP contribution is -2.47. The maximum absolute atomic E-state index is 10.4. The molecule has 4 aliphatic heterocycles. The molecule has 1 N–H and O–H groups in total. The zero-order valence-corrected chi connectivity index (χ0v) is 21.8. The number of para-hydroxylation sites is 1. The second-order valence-corrected chi connectivity index (χ2v) is 11.8. The Morgan fingerprint density at radius 2 is 1.53 bits per heavy atom. The van der Waals surface area contributed by atoms with Crippen molar-refractivity contribution in [1.29, 1.82) is 0 Å². The molecule has 4 atom stereocenters. The van der Waals surface area contributed by atoms with Crippen LogP contribution in [0.5, 0.6) is 5.75 Å². The first kappa shape index (κ1) is 22.8. The Kier molecular flexibility index (Phi) is 5.60. The predicted molar refractivity (Wildman–Crippen MR) is 143 cm³/mol. The van der Waals surface area contributed by atoms with E-state index in [4.69, 9.17) is 19.4 Å². The van der Waals surface area contributed by atoms with E-state index in [9.17, 15) is 5.11 Å². The van der Waals surface area contributed by atoms with Gasteiger partial charge in [0.1, 0.15) is 16.4 Å². The van der Waals surface area contributed by atoms with E-state index >= 15 is 0 Å². The smallest absolute Gasteiger partial charge is 0.229 e. The van der Waals surface area contributed by atoms with Crippen LogP contribution >= 0.6 is 11.3 Å². The number of ether oxygens (including phenoxy) is 2. The molecule has 0 amide bonds. The lowest BCUT2D eigenvalue weighted by atomic mass is 9.98. The van der Waals surface area contributed by atoms with Crippen molar-refractivity contribution in [2.75, 3.05) is 24.0 Å². The van der Waals surface area contributed by atoms with Crippen molar-refractivity contribution < 1.29 is 14.6 Å². The highest BCUT2D eigenvalue weighted by Crippen LogP contribution is 2.48. The van der Waals surface area contributed by atoms with Crippen molar-refractivity contribution in [1.82, 2.24) is 9.97 Å². The standard InChI is InChI=1S/C28H34N4O3S/c1-34-21-13-18-9-10-19(14-21)31(18)26-25-23(22-5-3-4-6-24(22)35-2)15-36-27(25)30-28(29-26)32-16-7-8-17(32)12-20(33)11-16/h3-6,15-21,33H,7-14H2,1-2H3. The third-order valence-corrected chi connectivity index (χ3v) is 9.88. The van der Waals surface area contributed by atoms with Gasteiger partial charge in [-0.3, -0.25) is 0 Å². The van der Waals surface area contributed by atoms with Crippen molar-refractivity contribution in [3.63, 3.8) is 0 Å². The predicted octanol–water partition coefficient (Wildman–Crippen LogP) is 5.01. The van der Waals surface area contributed by atoms with Crippen LogP contribution in [0.15, 0.2) is 29.6 Å². The highest BCUT2D eigenvalue weighted by molar-refractivity contribution is 7.17. The van der Waals surface area contributed by atoms with Gasteiger partial charge in [0.05, 0.1) is 24.7 Å². The molecule has 190 valence electrons. The summed E-state index contributed by atoms with van der Waals surface area (Å²) in [6, 6.07) is 9.77. The molecular formula is C28H34N4O3S. The number of fused-ring (bicyclic) bond motifs is 5. The number of methoxy groups -OCH3 is 2. The lowest BCUT2D eigenvalue weighted by molar-refractivity contribution is 0.0683. The molecule has 4 unspecified atom stereocenters. The fourth-order valence-corrected chi connectivity index (χ4v) is 8.35. The van der Waals surface area contributed by atoms with Gasteiger partial charge in [-0.25, -0.2) is 4.98 Å². The summed E-state index contributed by atoms with van der Waals surface area (Å²) in [7, 11) is 3.58. The number of aliphatic hydroxyl groups is 1. The van der Waals surface area contributed by atoms with Gasteiger partial charge < -0.3 is 24.4 Å². The van der Waals surface area contributed by atoms with Crippen molar-refractivity contribution in [2.24, 2.45) is 0 Å². The number of aliphatic hydroxyl groups excluding tert-OH is 1. The van der Waals surface area contributed by atoms with E-state index in [1.165, 1.54) is 12.8 Å². The maximum atomic E-state index is 10.4. The van der Waals surface area contributed by atoms with Gasteiger partial charge in [0, 0.05) is 47.8 Å². The van der Waals surface area contributed by atoms with E-state index in [0.29, 0.717) is 30.3 Å². The Labute approximate surface area is 216 Å². The number of hydrogen-bond donors (Lipinski definition) is 1. The molecule has 8 heteroatoms. The summed E-state index contributed by atoms with van der Waals surface area (Å²) >= 11 is 1.70. The molecule has 0 radical (unpaired) electrons. The van der Waals surface area contributed by atoms with Crippen molar-refractivity contribution in [3.8, 4) is 16.9 Å². The molecule has 1 aromatic carbocycles. The van der Waals surface area contributed by atoms with E-state index in [-0.39, 0.29) is 6.10 Å².